The number of nitrogens with one attached hydrogen (secondary N) is 1. The molecule has 1 N–H and O–H groups in total. The predicted octanol–water partition coefficient (Wildman–Crippen LogP) is 2.46. The van der Waals surface area contributed by atoms with Crippen molar-refractivity contribution in [2.75, 3.05) is 27.4 Å². The number of halogens is 2. The molecule has 0 bridgehead atoms. The van der Waals surface area contributed by atoms with E-state index < -0.39 is 17.5 Å². The number of hydrogen-bond donors (Lipinski definition) is 1. The highest BCUT2D eigenvalue weighted by molar-refractivity contribution is 5.95. The lowest BCUT2D eigenvalue weighted by Gasteiger charge is -2.11. The molecule has 4 aromatic rings. The van der Waals surface area contributed by atoms with Gasteiger partial charge in [0.2, 0.25) is 5.88 Å². The van der Waals surface area contributed by atoms with Crippen LogP contribution in [0.25, 0.3) is 28.0 Å². The molecular formula is C21H20F2N6O3. The van der Waals surface area contributed by atoms with E-state index in [1.165, 1.54) is 23.8 Å². The molecule has 3 heterocycles. The van der Waals surface area contributed by atoms with Gasteiger partial charge in [-0.3, -0.25) is 9.48 Å². The van der Waals surface area contributed by atoms with Crippen molar-refractivity contribution in [3.63, 3.8) is 0 Å². The lowest BCUT2D eigenvalue weighted by Crippen LogP contribution is -2.18. The Labute approximate surface area is 181 Å². The number of carbonyl (C=O) groups is 1. The smallest absolute Gasteiger partial charge is 0.251 e. The fourth-order valence-electron chi connectivity index (χ4n) is 3.23. The maximum absolute atomic E-state index is 14.7. The summed E-state index contributed by atoms with van der Waals surface area (Å²) in [6.45, 7) is 0.554. The number of nitrogens with zero attached hydrogens (tertiary/aromatic N) is 5. The average Bonchev–Trinajstić information content (AvgIpc) is 3.40. The predicted molar refractivity (Wildman–Crippen MR) is 111 cm³/mol. The number of carbonyl (C=O) groups excluding carboxylic acids is 1. The maximum Gasteiger partial charge on any atom is 0.251 e. The van der Waals surface area contributed by atoms with Crippen molar-refractivity contribution < 1.29 is 23.0 Å². The third kappa shape index (κ3) is 3.89. The third-order valence-corrected chi connectivity index (χ3v) is 4.79. The van der Waals surface area contributed by atoms with E-state index in [0.717, 1.165) is 11.6 Å². The van der Waals surface area contributed by atoms with Gasteiger partial charge in [-0.2, -0.15) is 5.10 Å². The highest BCUT2D eigenvalue weighted by atomic mass is 19.2. The van der Waals surface area contributed by atoms with Gasteiger partial charge in [-0.15, -0.1) is 5.10 Å². The molecule has 11 heteroatoms. The molecule has 0 aliphatic carbocycles. The van der Waals surface area contributed by atoms with Crippen LogP contribution >= 0.6 is 0 Å². The van der Waals surface area contributed by atoms with Crippen molar-refractivity contribution in [2.45, 2.75) is 0 Å². The molecule has 0 unspecified atom stereocenters. The molecule has 0 aliphatic rings. The summed E-state index contributed by atoms with van der Waals surface area (Å²) in [7, 11) is 4.74. The largest absolute Gasteiger partial charge is 0.474 e. The first-order chi connectivity index (χ1) is 15.4. The van der Waals surface area contributed by atoms with Crippen LogP contribution in [-0.2, 0) is 11.8 Å². The van der Waals surface area contributed by atoms with Gasteiger partial charge in [-0.25, -0.2) is 18.3 Å². The molecule has 3 aromatic heterocycles. The van der Waals surface area contributed by atoms with Gasteiger partial charge in [0.05, 0.1) is 30.3 Å². The number of rotatable bonds is 7. The van der Waals surface area contributed by atoms with Gasteiger partial charge in [0, 0.05) is 44.1 Å². The number of benzene rings is 1. The zero-order valence-electron chi connectivity index (χ0n) is 17.6. The number of methoxy groups -OCH3 is 1. The number of fused-ring (bicyclic) bond motifs is 1. The van der Waals surface area contributed by atoms with Crippen LogP contribution < -0.4 is 10.1 Å². The lowest BCUT2D eigenvalue weighted by molar-refractivity contribution is 0.0962. The summed E-state index contributed by atoms with van der Waals surface area (Å²) >= 11 is 0. The molecule has 0 radical (unpaired) electrons. The number of amides is 1. The summed E-state index contributed by atoms with van der Waals surface area (Å²) in [6, 6.07) is 3.81. The molecule has 0 saturated heterocycles. The van der Waals surface area contributed by atoms with Crippen LogP contribution in [0.3, 0.4) is 0 Å². The molecule has 9 nitrogen and oxygen atoms in total. The second-order valence-corrected chi connectivity index (χ2v) is 6.92. The van der Waals surface area contributed by atoms with Crippen molar-refractivity contribution in [3.05, 3.63) is 54.0 Å². The van der Waals surface area contributed by atoms with Gasteiger partial charge in [0.15, 0.2) is 17.3 Å². The number of aromatic nitrogens is 5. The zero-order valence-corrected chi connectivity index (χ0v) is 17.6. The fourth-order valence-corrected chi connectivity index (χ4v) is 3.23. The minimum Gasteiger partial charge on any atom is -0.474 e. The Morgan fingerprint density at radius 2 is 1.97 bits per heavy atom. The van der Waals surface area contributed by atoms with Crippen LogP contribution in [0.4, 0.5) is 8.78 Å². The highest BCUT2D eigenvalue weighted by Gasteiger charge is 2.21. The first kappa shape index (κ1) is 21.4. The van der Waals surface area contributed by atoms with E-state index in [4.69, 9.17) is 9.47 Å². The molecule has 4 rings (SSSR count). The van der Waals surface area contributed by atoms with Crippen LogP contribution in [0.5, 0.6) is 5.88 Å². The minimum absolute atomic E-state index is 0.0279. The highest BCUT2D eigenvalue weighted by Crippen LogP contribution is 2.32. The number of ether oxygens (including phenoxy) is 2. The van der Waals surface area contributed by atoms with E-state index >= 15 is 0 Å². The molecule has 0 saturated carbocycles. The van der Waals surface area contributed by atoms with Gasteiger partial charge in [0.1, 0.15) is 6.61 Å². The van der Waals surface area contributed by atoms with E-state index in [-0.39, 0.29) is 29.3 Å². The number of aryl methyl sites for hydroxylation is 1. The zero-order chi connectivity index (χ0) is 22.8. The van der Waals surface area contributed by atoms with Gasteiger partial charge in [-0.1, -0.05) is 0 Å². The van der Waals surface area contributed by atoms with Crippen LogP contribution in [0.15, 0.2) is 36.8 Å². The Kier molecular flexibility index (Phi) is 5.82. The van der Waals surface area contributed by atoms with Crippen molar-refractivity contribution in [1.82, 2.24) is 29.7 Å². The van der Waals surface area contributed by atoms with Crippen molar-refractivity contribution in [2.24, 2.45) is 7.05 Å². The second kappa shape index (κ2) is 8.71. The summed E-state index contributed by atoms with van der Waals surface area (Å²) in [5, 5.41) is 11.1. The first-order valence-corrected chi connectivity index (χ1v) is 9.64. The van der Waals surface area contributed by atoms with Gasteiger partial charge < -0.3 is 14.8 Å². The Bertz CT molecular complexity index is 1300. The van der Waals surface area contributed by atoms with Crippen molar-refractivity contribution in [3.8, 4) is 28.3 Å². The van der Waals surface area contributed by atoms with E-state index in [0.29, 0.717) is 17.8 Å². The fraction of sp³-hybridized carbons (Fsp3) is 0.238. The molecule has 1 amide bonds. The summed E-state index contributed by atoms with van der Waals surface area (Å²) in [6.07, 6.45) is 4.81. The van der Waals surface area contributed by atoms with Gasteiger partial charge in [0.25, 0.3) is 5.91 Å². The first-order valence-electron chi connectivity index (χ1n) is 9.64. The number of imidazole rings is 1. The summed E-state index contributed by atoms with van der Waals surface area (Å²) < 4.78 is 42.8. The third-order valence-electron chi connectivity index (χ3n) is 4.79. The molecule has 166 valence electrons. The standard InChI is InChI=1S/C21H20F2N6O3/c1-24-20(30)12-6-15(19(23)16(22)7-12)17-10-25-18-8-14(13-9-26-28(2)11-13)21(27-29(17)18)32-5-4-31-3/h6-11H,4-5H2,1-3H3,(H,24,30). The van der Waals surface area contributed by atoms with Crippen molar-refractivity contribution in [1.29, 1.82) is 0 Å². The monoisotopic (exact) mass is 442 g/mol. The molecule has 1 aromatic carbocycles. The molecular weight excluding hydrogens is 422 g/mol. The van der Waals surface area contributed by atoms with Gasteiger partial charge in [-0.05, 0) is 18.2 Å². The summed E-state index contributed by atoms with van der Waals surface area (Å²) in [5.74, 6) is -2.57. The van der Waals surface area contributed by atoms with E-state index in [2.05, 4.69) is 20.5 Å². The lowest BCUT2D eigenvalue weighted by atomic mass is 10.1. The molecule has 0 fully saturated rings. The minimum atomic E-state index is -1.15. The van der Waals surface area contributed by atoms with Crippen LogP contribution in [0.2, 0.25) is 0 Å². The summed E-state index contributed by atoms with van der Waals surface area (Å²) in [4.78, 5) is 16.3. The van der Waals surface area contributed by atoms with E-state index in [9.17, 15) is 13.6 Å². The summed E-state index contributed by atoms with van der Waals surface area (Å²) in [5.41, 5.74) is 1.74. The number of hydrogen-bond acceptors (Lipinski definition) is 6. The van der Waals surface area contributed by atoms with E-state index in [1.807, 2.05) is 0 Å². The molecule has 0 aliphatic heterocycles. The molecule has 0 spiro atoms. The quantitative estimate of drug-likeness (QED) is 0.442. The van der Waals surface area contributed by atoms with Crippen molar-refractivity contribution >= 4 is 11.6 Å². The average molecular weight is 442 g/mol. The Morgan fingerprint density at radius 3 is 2.66 bits per heavy atom. The van der Waals surface area contributed by atoms with E-state index in [1.54, 1.807) is 37.3 Å². The normalized spacial score (nSPS) is 11.2. The second-order valence-electron chi connectivity index (χ2n) is 6.92. The molecule has 32 heavy (non-hydrogen) atoms. The van der Waals surface area contributed by atoms with Crippen LogP contribution in [0.1, 0.15) is 10.4 Å². The molecule has 0 atom stereocenters. The topological polar surface area (TPSA) is 95.6 Å². The van der Waals surface area contributed by atoms with Crippen LogP contribution in [0, 0.1) is 11.6 Å². The maximum atomic E-state index is 14.7. The Balaban J connectivity index is 1.89. The van der Waals surface area contributed by atoms with Crippen LogP contribution in [-0.4, -0.2) is 57.7 Å². The van der Waals surface area contributed by atoms with Gasteiger partial charge >= 0.3 is 0 Å². The Hall–Kier alpha value is -3.86. The SMILES string of the molecule is CNC(=O)c1cc(F)c(F)c(-c2cnc3cc(-c4cnn(C)c4)c(OCCOC)nn23)c1. The Morgan fingerprint density at radius 1 is 1.16 bits per heavy atom.